The molecule has 0 saturated heterocycles. The highest BCUT2D eigenvalue weighted by Gasteiger charge is 2.12. The smallest absolute Gasteiger partial charge is 0.161 e. The fraction of sp³-hybridized carbons (Fsp3) is 0.111. The number of aromatic nitrogens is 3. The molecule has 0 aliphatic rings. The van der Waals surface area contributed by atoms with Gasteiger partial charge in [0, 0.05) is 34.3 Å². The minimum absolute atomic E-state index is 0.352. The molecule has 2 aromatic rings. The molecule has 0 bridgehead atoms. The van der Waals surface area contributed by atoms with Crippen molar-refractivity contribution in [2.75, 3.05) is 5.01 Å². The Morgan fingerprint density at radius 2 is 2.39 bits per heavy atom. The van der Waals surface area contributed by atoms with Crippen molar-refractivity contribution in [2.24, 2.45) is 18.6 Å². The fourth-order valence-corrected chi connectivity index (χ4v) is 2.19. The molecule has 18 heavy (non-hydrogen) atoms. The van der Waals surface area contributed by atoms with Gasteiger partial charge in [-0.3, -0.25) is 9.69 Å². The second kappa shape index (κ2) is 5.51. The molecule has 0 aliphatic carbocycles. The SMILES string of the molecule is Cn1ncc2c(N(N)/C=C(\N)SI)cc(Cl)nc21. The Kier molecular flexibility index (Phi) is 4.20. The van der Waals surface area contributed by atoms with Gasteiger partial charge in [-0.1, -0.05) is 11.6 Å². The lowest BCUT2D eigenvalue weighted by Gasteiger charge is -2.15. The van der Waals surface area contributed by atoms with Crippen molar-refractivity contribution in [2.45, 2.75) is 0 Å². The van der Waals surface area contributed by atoms with E-state index >= 15 is 0 Å². The number of anilines is 1. The number of halogens is 2. The van der Waals surface area contributed by atoms with Crippen LogP contribution in [-0.2, 0) is 7.05 Å². The van der Waals surface area contributed by atoms with Crippen molar-refractivity contribution in [1.29, 1.82) is 0 Å². The second-order valence-electron chi connectivity index (χ2n) is 3.49. The van der Waals surface area contributed by atoms with Gasteiger partial charge in [0.1, 0.15) is 5.15 Å². The third-order valence-corrected chi connectivity index (χ3v) is 4.29. The fourth-order valence-electron chi connectivity index (χ4n) is 1.51. The number of rotatable bonds is 3. The van der Waals surface area contributed by atoms with Crippen LogP contribution >= 0.6 is 41.7 Å². The molecule has 2 rings (SSSR count). The van der Waals surface area contributed by atoms with E-state index < -0.39 is 0 Å². The van der Waals surface area contributed by atoms with E-state index in [0.717, 1.165) is 5.39 Å². The average Bonchev–Trinajstić information content (AvgIpc) is 2.70. The molecule has 0 unspecified atom stereocenters. The van der Waals surface area contributed by atoms with Gasteiger partial charge in [-0.15, -0.1) is 0 Å². The van der Waals surface area contributed by atoms with E-state index in [9.17, 15) is 0 Å². The Morgan fingerprint density at radius 3 is 3.06 bits per heavy atom. The molecule has 0 fully saturated rings. The summed E-state index contributed by atoms with van der Waals surface area (Å²) < 4.78 is 1.64. The predicted octanol–water partition coefficient (Wildman–Crippen LogP) is 2.14. The molecule has 2 aromatic heterocycles. The summed E-state index contributed by atoms with van der Waals surface area (Å²) in [5.41, 5.74) is 7.09. The predicted molar refractivity (Wildman–Crippen MR) is 84.1 cm³/mol. The number of hydrazine groups is 1. The highest BCUT2D eigenvalue weighted by atomic mass is 127. The third-order valence-electron chi connectivity index (χ3n) is 2.29. The third kappa shape index (κ3) is 2.66. The first kappa shape index (κ1) is 13.7. The first-order chi connectivity index (χ1) is 8.52. The monoisotopic (exact) mass is 396 g/mol. The van der Waals surface area contributed by atoms with Crippen LogP contribution in [0.2, 0.25) is 5.15 Å². The molecule has 4 N–H and O–H groups in total. The summed E-state index contributed by atoms with van der Waals surface area (Å²) in [6.45, 7) is 0. The van der Waals surface area contributed by atoms with Crippen LogP contribution in [0, 0.1) is 0 Å². The van der Waals surface area contributed by atoms with E-state index in [2.05, 4.69) is 31.3 Å². The summed E-state index contributed by atoms with van der Waals surface area (Å²) in [4.78, 5) is 4.20. The van der Waals surface area contributed by atoms with Crippen molar-refractivity contribution in [1.82, 2.24) is 14.8 Å². The number of hydrogen-bond donors (Lipinski definition) is 2. The molecule has 9 heteroatoms. The quantitative estimate of drug-likeness (QED) is 0.358. The van der Waals surface area contributed by atoms with Crippen molar-refractivity contribution in [3.05, 3.63) is 28.6 Å². The van der Waals surface area contributed by atoms with E-state index in [4.69, 9.17) is 23.2 Å². The number of fused-ring (bicyclic) bond motifs is 1. The summed E-state index contributed by atoms with van der Waals surface area (Å²) >= 11 is 8.06. The number of nitrogens with zero attached hydrogens (tertiary/aromatic N) is 4. The molecule has 0 radical (unpaired) electrons. The summed E-state index contributed by atoms with van der Waals surface area (Å²) in [6, 6.07) is 1.67. The first-order valence-corrected chi connectivity index (χ1v) is 8.54. The van der Waals surface area contributed by atoms with Crippen LogP contribution < -0.4 is 16.6 Å². The average molecular weight is 397 g/mol. The van der Waals surface area contributed by atoms with E-state index in [1.807, 2.05) is 0 Å². The number of pyridine rings is 1. The second-order valence-corrected chi connectivity index (χ2v) is 5.82. The van der Waals surface area contributed by atoms with Gasteiger partial charge < -0.3 is 5.73 Å². The highest BCUT2D eigenvalue weighted by molar-refractivity contribution is 14.2. The number of hydrogen-bond acceptors (Lipinski definition) is 6. The zero-order chi connectivity index (χ0) is 13.3. The van der Waals surface area contributed by atoms with Gasteiger partial charge in [0.2, 0.25) is 0 Å². The summed E-state index contributed by atoms with van der Waals surface area (Å²) in [5.74, 6) is 5.95. The van der Waals surface area contributed by atoms with E-state index in [-0.39, 0.29) is 0 Å². The van der Waals surface area contributed by atoms with Crippen LogP contribution in [-0.4, -0.2) is 14.8 Å². The zero-order valence-corrected chi connectivity index (χ0v) is 13.1. The van der Waals surface area contributed by atoms with Crippen LogP contribution in [0.15, 0.2) is 23.5 Å². The largest absolute Gasteiger partial charge is 0.392 e. The molecule has 0 aromatic carbocycles. The summed E-state index contributed by atoms with van der Waals surface area (Å²) in [5, 5.41) is 7.30. The molecule has 0 aliphatic heterocycles. The van der Waals surface area contributed by atoms with E-state index in [1.54, 1.807) is 30.2 Å². The van der Waals surface area contributed by atoms with Crippen molar-refractivity contribution in [3.8, 4) is 0 Å². The molecule has 0 saturated carbocycles. The zero-order valence-electron chi connectivity index (χ0n) is 9.34. The van der Waals surface area contributed by atoms with Crippen molar-refractivity contribution < 1.29 is 0 Å². The highest BCUT2D eigenvalue weighted by Crippen LogP contribution is 2.28. The van der Waals surface area contributed by atoms with E-state index in [1.165, 1.54) is 13.9 Å². The van der Waals surface area contributed by atoms with Crippen LogP contribution in [0.4, 0.5) is 5.69 Å². The standard InChI is InChI=1S/C9H10ClIN6S/c1-16-9-5(3-14-16)6(2-7(10)15-9)17(13)4-8(12)18-11/h2-4H,12-13H2,1H3/b8-4+. The minimum atomic E-state index is 0.352. The molecule has 0 spiro atoms. The Bertz CT molecular complexity index is 612. The first-order valence-electron chi connectivity index (χ1n) is 4.81. The summed E-state index contributed by atoms with van der Waals surface area (Å²) in [7, 11) is 3.17. The molecule has 0 amide bonds. The molecule has 0 atom stereocenters. The van der Waals surface area contributed by atoms with Gasteiger partial charge in [-0.05, 0) is 8.93 Å². The topological polar surface area (TPSA) is 86.0 Å². The van der Waals surface area contributed by atoms with Gasteiger partial charge >= 0.3 is 0 Å². The summed E-state index contributed by atoms with van der Waals surface area (Å²) in [6.07, 6.45) is 3.31. The van der Waals surface area contributed by atoms with Crippen LogP contribution in [0.5, 0.6) is 0 Å². The lowest BCUT2D eigenvalue weighted by Crippen LogP contribution is -2.25. The normalized spacial score (nSPS) is 12.1. The minimum Gasteiger partial charge on any atom is -0.392 e. The Labute approximate surface area is 125 Å². The lowest BCUT2D eigenvalue weighted by atomic mass is 10.3. The Morgan fingerprint density at radius 1 is 1.67 bits per heavy atom. The van der Waals surface area contributed by atoms with Gasteiger partial charge in [0.25, 0.3) is 0 Å². The maximum absolute atomic E-state index is 5.97. The number of nitrogens with two attached hydrogens (primary N) is 2. The van der Waals surface area contributed by atoms with Crippen LogP contribution in [0.1, 0.15) is 0 Å². The van der Waals surface area contributed by atoms with Crippen molar-refractivity contribution in [3.63, 3.8) is 0 Å². The molecule has 2 heterocycles. The Balaban J connectivity index is 2.56. The van der Waals surface area contributed by atoms with E-state index in [0.29, 0.717) is 21.5 Å². The van der Waals surface area contributed by atoms with Gasteiger partial charge in [-0.2, -0.15) is 5.10 Å². The lowest BCUT2D eigenvalue weighted by molar-refractivity contribution is 0.786. The maximum Gasteiger partial charge on any atom is 0.161 e. The molecule has 96 valence electrons. The maximum atomic E-state index is 5.97. The van der Waals surface area contributed by atoms with Crippen LogP contribution in [0.25, 0.3) is 11.0 Å². The van der Waals surface area contributed by atoms with Crippen molar-refractivity contribution >= 4 is 58.5 Å². The van der Waals surface area contributed by atoms with Gasteiger partial charge in [-0.25, -0.2) is 10.8 Å². The Hall–Kier alpha value is -0.710. The molecular formula is C9H10ClIN6S. The molecular weight excluding hydrogens is 387 g/mol. The van der Waals surface area contributed by atoms with Crippen LogP contribution in [0.3, 0.4) is 0 Å². The van der Waals surface area contributed by atoms with Gasteiger partial charge in [0.15, 0.2) is 5.65 Å². The van der Waals surface area contributed by atoms with Gasteiger partial charge in [0.05, 0.1) is 28.5 Å². The number of aryl methyl sites for hydroxylation is 1. The molecule has 6 nitrogen and oxygen atoms in total.